The highest BCUT2D eigenvalue weighted by Crippen LogP contribution is 2.40. The first-order valence-electron chi connectivity index (χ1n) is 16.2. The highest BCUT2D eigenvalue weighted by Gasteiger charge is 2.20. The Hall–Kier alpha value is -6.45. The predicted octanol–water partition coefficient (Wildman–Crippen LogP) is 11.7. The van der Waals surface area contributed by atoms with Gasteiger partial charge in [0.05, 0.1) is 0 Å². The van der Waals surface area contributed by atoms with E-state index in [0.717, 1.165) is 55.1 Å². The third-order valence-electron chi connectivity index (χ3n) is 9.10. The molecule has 0 bridgehead atoms. The standard InChI is InChI=1S/C45H29N3/c1-2-12-30(13-3-1)35-19-10-20-36(28-35)43-46-44(37-25-24-31-14-4-5-17-34(31)29-37)48-45(47-43)42-39-22-9-7-16-33(39)26-27-41(42)40-23-11-18-32-15-6-8-21-38(32)40/h1-29H. The first-order chi connectivity index (χ1) is 23.8. The van der Waals surface area contributed by atoms with Crippen LogP contribution in [-0.2, 0) is 0 Å². The predicted molar refractivity (Wildman–Crippen MR) is 200 cm³/mol. The normalized spacial score (nSPS) is 11.3. The van der Waals surface area contributed by atoms with Crippen LogP contribution in [0, 0.1) is 0 Å². The molecule has 0 saturated heterocycles. The summed E-state index contributed by atoms with van der Waals surface area (Å²) in [5, 5.41) is 6.94. The molecule has 9 rings (SSSR count). The molecule has 0 aliphatic rings. The van der Waals surface area contributed by atoms with E-state index in [1.165, 1.54) is 16.2 Å². The Morgan fingerprint density at radius 1 is 0.271 bits per heavy atom. The number of hydrogen-bond donors (Lipinski definition) is 0. The number of rotatable bonds is 5. The molecule has 0 unspecified atom stereocenters. The second-order valence-corrected chi connectivity index (χ2v) is 12.1. The Morgan fingerprint density at radius 3 is 1.62 bits per heavy atom. The van der Waals surface area contributed by atoms with Crippen LogP contribution in [0.3, 0.4) is 0 Å². The molecule has 0 atom stereocenters. The zero-order valence-electron chi connectivity index (χ0n) is 26.1. The Labute approximate surface area is 278 Å². The second kappa shape index (κ2) is 11.7. The van der Waals surface area contributed by atoms with E-state index in [1.54, 1.807) is 0 Å². The maximum absolute atomic E-state index is 5.29. The lowest BCUT2D eigenvalue weighted by atomic mass is 9.90. The van der Waals surface area contributed by atoms with E-state index in [-0.39, 0.29) is 0 Å². The monoisotopic (exact) mass is 611 g/mol. The molecule has 0 N–H and O–H groups in total. The fraction of sp³-hybridized carbons (Fsp3) is 0. The molecule has 8 aromatic carbocycles. The fourth-order valence-corrected chi connectivity index (χ4v) is 6.74. The minimum absolute atomic E-state index is 0.637. The van der Waals surface area contributed by atoms with Crippen LogP contribution in [0.5, 0.6) is 0 Å². The second-order valence-electron chi connectivity index (χ2n) is 12.1. The molecule has 0 saturated carbocycles. The molecule has 3 heteroatoms. The molecule has 1 heterocycles. The third-order valence-corrected chi connectivity index (χ3v) is 9.10. The molecular formula is C45H29N3. The van der Waals surface area contributed by atoms with Gasteiger partial charge in [-0.2, -0.15) is 0 Å². The van der Waals surface area contributed by atoms with Gasteiger partial charge < -0.3 is 0 Å². The summed E-state index contributed by atoms with van der Waals surface area (Å²) in [4.78, 5) is 15.7. The molecular weight excluding hydrogens is 583 g/mol. The van der Waals surface area contributed by atoms with E-state index in [9.17, 15) is 0 Å². The number of aromatic nitrogens is 3. The molecule has 0 amide bonds. The average Bonchev–Trinajstić information content (AvgIpc) is 3.17. The van der Waals surface area contributed by atoms with Crippen LogP contribution in [0.1, 0.15) is 0 Å². The molecule has 9 aromatic rings. The number of benzene rings is 8. The van der Waals surface area contributed by atoms with Gasteiger partial charge in [-0.15, -0.1) is 0 Å². The summed E-state index contributed by atoms with van der Waals surface area (Å²) in [6, 6.07) is 61.7. The molecule has 0 aliphatic carbocycles. The van der Waals surface area contributed by atoms with Gasteiger partial charge in [-0.3, -0.25) is 0 Å². The highest BCUT2D eigenvalue weighted by atomic mass is 15.0. The summed E-state index contributed by atoms with van der Waals surface area (Å²) < 4.78 is 0. The molecule has 0 aliphatic heterocycles. The molecule has 224 valence electrons. The average molecular weight is 612 g/mol. The van der Waals surface area contributed by atoms with Gasteiger partial charge in [0.25, 0.3) is 0 Å². The van der Waals surface area contributed by atoms with Crippen molar-refractivity contribution in [2.24, 2.45) is 0 Å². The Morgan fingerprint density at radius 2 is 0.812 bits per heavy atom. The van der Waals surface area contributed by atoms with Crippen molar-refractivity contribution in [1.82, 2.24) is 15.0 Å². The number of nitrogens with zero attached hydrogens (tertiary/aromatic N) is 3. The van der Waals surface area contributed by atoms with Gasteiger partial charge in [0.2, 0.25) is 0 Å². The highest BCUT2D eigenvalue weighted by molar-refractivity contribution is 6.08. The van der Waals surface area contributed by atoms with E-state index in [0.29, 0.717) is 17.5 Å². The van der Waals surface area contributed by atoms with Gasteiger partial charge >= 0.3 is 0 Å². The van der Waals surface area contributed by atoms with Crippen molar-refractivity contribution >= 4 is 32.3 Å². The van der Waals surface area contributed by atoms with Crippen LogP contribution in [0.4, 0.5) is 0 Å². The summed E-state index contributed by atoms with van der Waals surface area (Å²) in [6.45, 7) is 0. The van der Waals surface area contributed by atoms with Crippen LogP contribution in [-0.4, -0.2) is 15.0 Å². The first kappa shape index (κ1) is 27.8. The van der Waals surface area contributed by atoms with Gasteiger partial charge in [0.15, 0.2) is 17.5 Å². The van der Waals surface area contributed by atoms with E-state index >= 15 is 0 Å². The molecule has 48 heavy (non-hydrogen) atoms. The van der Waals surface area contributed by atoms with Crippen LogP contribution < -0.4 is 0 Å². The summed E-state index contributed by atoms with van der Waals surface area (Å²) in [6.07, 6.45) is 0. The maximum atomic E-state index is 5.29. The molecule has 0 spiro atoms. The SMILES string of the molecule is c1ccc(-c2cccc(-c3nc(-c4ccc5ccccc5c4)nc(-c4c(-c5cccc6ccccc56)ccc5ccccc45)n3)c2)cc1. The topological polar surface area (TPSA) is 38.7 Å². The van der Waals surface area contributed by atoms with Crippen molar-refractivity contribution in [3.05, 3.63) is 176 Å². The van der Waals surface area contributed by atoms with E-state index in [1.807, 2.05) is 6.07 Å². The number of hydrogen-bond acceptors (Lipinski definition) is 3. The summed E-state index contributed by atoms with van der Waals surface area (Å²) in [5.74, 6) is 1.92. The van der Waals surface area contributed by atoms with Gasteiger partial charge in [0.1, 0.15) is 0 Å². The first-order valence-corrected chi connectivity index (χ1v) is 16.2. The minimum atomic E-state index is 0.637. The summed E-state index contributed by atoms with van der Waals surface area (Å²) in [5.41, 5.74) is 7.38. The van der Waals surface area contributed by atoms with Crippen molar-refractivity contribution < 1.29 is 0 Å². The molecule has 1 aromatic heterocycles. The quantitative estimate of drug-likeness (QED) is 0.194. The smallest absolute Gasteiger partial charge is 0.165 e. The lowest BCUT2D eigenvalue weighted by Gasteiger charge is -2.16. The largest absolute Gasteiger partial charge is 0.208 e. The molecule has 0 fully saturated rings. The minimum Gasteiger partial charge on any atom is -0.208 e. The van der Waals surface area contributed by atoms with Gasteiger partial charge in [-0.25, -0.2) is 15.0 Å². The molecule has 0 radical (unpaired) electrons. The van der Waals surface area contributed by atoms with Gasteiger partial charge in [0, 0.05) is 16.7 Å². The maximum Gasteiger partial charge on any atom is 0.165 e. The van der Waals surface area contributed by atoms with Crippen LogP contribution >= 0.6 is 0 Å². The zero-order chi connectivity index (χ0) is 31.9. The van der Waals surface area contributed by atoms with Gasteiger partial charge in [-0.1, -0.05) is 164 Å². The summed E-state index contributed by atoms with van der Waals surface area (Å²) in [7, 11) is 0. The zero-order valence-corrected chi connectivity index (χ0v) is 26.1. The van der Waals surface area contributed by atoms with Crippen molar-refractivity contribution in [2.75, 3.05) is 0 Å². The van der Waals surface area contributed by atoms with Crippen LogP contribution in [0.25, 0.3) is 88.7 Å². The number of fused-ring (bicyclic) bond motifs is 3. The fourth-order valence-electron chi connectivity index (χ4n) is 6.74. The van der Waals surface area contributed by atoms with E-state index in [4.69, 9.17) is 15.0 Å². The van der Waals surface area contributed by atoms with Crippen molar-refractivity contribution in [3.63, 3.8) is 0 Å². The summed E-state index contributed by atoms with van der Waals surface area (Å²) >= 11 is 0. The van der Waals surface area contributed by atoms with Gasteiger partial charge in [-0.05, 0) is 66.7 Å². The lowest BCUT2D eigenvalue weighted by molar-refractivity contribution is 1.08. The Bertz CT molecular complexity index is 2620. The van der Waals surface area contributed by atoms with Crippen molar-refractivity contribution in [2.45, 2.75) is 0 Å². The lowest BCUT2D eigenvalue weighted by Crippen LogP contribution is -2.02. The van der Waals surface area contributed by atoms with Crippen molar-refractivity contribution in [1.29, 1.82) is 0 Å². The van der Waals surface area contributed by atoms with E-state index < -0.39 is 0 Å². The van der Waals surface area contributed by atoms with Crippen LogP contribution in [0.2, 0.25) is 0 Å². The Kier molecular flexibility index (Phi) is 6.80. The Balaban J connectivity index is 1.33. The van der Waals surface area contributed by atoms with E-state index in [2.05, 4.69) is 170 Å². The van der Waals surface area contributed by atoms with Crippen molar-refractivity contribution in [3.8, 4) is 56.4 Å². The van der Waals surface area contributed by atoms with Crippen LogP contribution in [0.15, 0.2) is 176 Å². The molecule has 3 nitrogen and oxygen atoms in total. The third kappa shape index (κ3) is 4.99.